The first-order valence-electron chi connectivity index (χ1n) is 6.55. The molecule has 0 amide bonds. The fourth-order valence-corrected chi connectivity index (χ4v) is 4.22. The minimum Gasteiger partial charge on any atom is -0.319 e. The molecule has 1 heterocycles. The molecular formula is C13H18F2N2O2S. The topological polar surface area (TPSA) is 49.4 Å². The molecule has 0 aromatic heterocycles. The lowest BCUT2D eigenvalue weighted by Crippen LogP contribution is -2.42. The third kappa shape index (κ3) is 2.99. The molecule has 1 aliphatic heterocycles. The molecule has 1 aliphatic rings. The van der Waals surface area contributed by atoms with Crippen LogP contribution in [0.3, 0.4) is 0 Å². The highest BCUT2D eigenvalue weighted by Crippen LogP contribution is 2.26. The fourth-order valence-electron chi connectivity index (χ4n) is 2.56. The monoisotopic (exact) mass is 304 g/mol. The number of rotatable bonds is 4. The van der Waals surface area contributed by atoms with Crippen LogP contribution < -0.4 is 5.32 Å². The maximum absolute atomic E-state index is 13.7. The average molecular weight is 304 g/mol. The first-order chi connectivity index (χ1) is 9.46. The molecule has 1 fully saturated rings. The van der Waals surface area contributed by atoms with E-state index in [1.165, 1.54) is 4.31 Å². The molecular weight excluding hydrogens is 286 g/mol. The summed E-state index contributed by atoms with van der Waals surface area (Å²) in [5.41, 5.74) is 0. The molecule has 1 N–H and O–H groups in total. The highest BCUT2D eigenvalue weighted by molar-refractivity contribution is 7.89. The quantitative estimate of drug-likeness (QED) is 0.919. The van der Waals surface area contributed by atoms with Gasteiger partial charge in [-0.1, -0.05) is 6.07 Å². The zero-order valence-electron chi connectivity index (χ0n) is 11.3. The van der Waals surface area contributed by atoms with E-state index in [2.05, 4.69) is 5.32 Å². The predicted molar refractivity (Wildman–Crippen MR) is 71.8 cm³/mol. The van der Waals surface area contributed by atoms with Crippen LogP contribution in [-0.2, 0) is 10.0 Å². The standard InChI is InChI=1S/C13H18F2N2O2S/c1-16-8-10-4-3-7-17(9-10)20(18,19)13-11(14)5-2-6-12(13)15/h2,5-6,10,16H,3-4,7-9H2,1H3. The molecule has 0 saturated carbocycles. The Labute approximate surface area is 117 Å². The number of piperidine rings is 1. The molecule has 0 aliphatic carbocycles. The Balaban J connectivity index is 2.30. The Hall–Kier alpha value is -1.05. The van der Waals surface area contributed by atoms with Gasteiger partial charge in [-0.3, -0.25) is 0 Å². The lowest BCUT2D eigenvalue weighted by molar-refractivity contribution is 0.262. The van der Waals surface area contributed by atoms with E-state index in [9.17, 15) is 17.2 Å². The van der Waals surface area contributed by atoms with E-state index >= 15 is 0 Å². The first kappa shape index (κ1) is 15.3. The van der Waals surface area contributed by atoms with Gasteiger partial charge in [-0.05, 0) is 44.5 Å². The molecule has 0 radical (unpaired) electrons. The Morgan fingerprint density at radius 3 is 2.60 bits per heavy atom. The minimum atomic E-state index is -4.12. The Bertz CT molecular complexity index is 555. The van der Waals surface area contributed by atoms with Crippen molar-refractivity contribution in [2.24, 2.45) is 5.92 Å². The van der Waals surface area contributed by atoms with Gasteiger partial charge in [0.05, 0.1) is 0 Å². The van der Waals surface area contributed by atoms with Crippen LogP contribution in [0.2, 0.25) is 0 Å². The van der Waals surface area contributed by atoms with Gasteiger partial charge in [-0.25, -0.2) is 17.2 Å². The fraction of sp³-hybridized carbons (Fsp3) is 0.538. The van der Waals surface area contributed by atoms with Crippen LogP contribution in [-0.4, -0.2) is 39.4 Å². The average Bonchev–Trinajstić information content (AvgIpc) is 2.39. The van der Waals surface area contributed by atoms with Crippen LogP contribution in [0.4, 0.5) is 8.78 Å². The lowest BCUT2D eigenvalue weighted by Gasteiger charge is -2.31. The normalized spacial score (nSPS) is 21.1. The predicted octanol–water partition coefficient (Wildman–Crippen LogP) is 1.58. The van der Waals surface area contributed by atoms with E-state index in [0.29, 0.717) is 19.5 Å². The van der Waals surface area contributed by atoms with E-state index in [1.807, 2.05) is 0 Å². The van der Waals surface area contributed by atoms with Crippen LogP contribution >= 0.6 is 0 Å². The summed E-state index contributed by atoms with van der Waals surface area (Å²) in [6.45, 7) is 1.28. The molecule has 1 atom stereocenters. The van der Waals surface area contributed by atoms with Crippen molar-refractivity contribution in [3.8, 4) is 0 Å². The summed E-state index contributed by atoms with van der Waals surface area (Å²) in [6, 6.07) is 3.08. The van der Waals surface area contributed by atoms with Crippen molar-refractivity contribution in [1.29, 1.82) is 0 Å². The van der Waals surface area contributed by atoms with Crippen LogP contribution in [0.25, 0.3) is 0 Å². The van der Waals surface area contributed by atoms with Crippen molar-refractivity contribution < 1.29 is 17.2 Å². The smallest absolute Gasteiger partial charge is 0.248 e. The molecule has 1 aromatic carbocycles. The second-order valence-electron chi connectivity index (χ2n) is 4.98. The van der Waals surface area contributed by atoms with Gasteiger partial charge in [0.2, 0.25) is 10.0 Å². The third-order valence-corrected chi connectivity index (χ3v) is 5.41. The number of nitrogens with one attached hydrogen (secondary N) is 1. The van der Waals surface area contributed by atoms with E-state index < -0.39 is 26.6 Å². The van der Waals surface area contributed by atoms with Gasteiger partial charge < -0.3 is 5.32 Å². The van der Waals surface area contributed by atoms with E-state index in [0.717, 1.165) is 24.6 Å². The number of halogens is 2. The lowest BCUT2D eigenvalue weighted by atomic mass is 10.00. The summed E-state index contributed by atoms with van der Waals surface area (Å²) < 4.78 is 53.4. The Morgan fingerprint density at radius 2 is 2.00 bits per heavy atom. The SMILES string of the molecule is CNCC1CCCN(S(=O)(=O)c2c(F)cccc2F)C1. The van der Waals surface area contributed by atoms with Crippen LogP contribution in [0.1, 0.15) is 12.8 Å². The Kier molecular flexibility index (Phi) is 4.72. The van der Waals surface area contributed by atoms with Crippen molar-refractivity contribution >= 4 is 10.0 Å². The number of hydrogen-bond donors (Lipinski definition) is 1. The van der Waals surface area contributed by atoms with Gasteiger partial charge in [0.1, 0.15) is 11.6 Å². The summed E-state index contributed by atoms with van der Waals surface area (Å²) >= 11 is 0. The molecule has 20 heavy (non-hydrogen) atoms. The second-order valence-corrected chi connectivity index (χ2v) is 6.85. The van der Waals surface area contributed by atoms with E-state index in [4.69, 9.17) is 0 Å². The summed E-state index contributed by atoms with van der Waals surface area (Å²) in [7, 11) is -2.32. The summed E-state index contributed by atoms with van der Waals surface area (Å²) in [5.74, 6) is -1.92. The zero-order valence-corrected chi connectivity index (χ0v) is 12.1. The van der Waals surface area contributed by atoms with Crippen LogP contribution in [0.5, 0.6) is 0 Å². The number of benzene rings is 1. The maximum Gasteiger partial charge on any atom is 0.248 e. The van der Waals surface area contributed by atoms with Gasteiger partial charge in [0, 0.05) is 13.1 Å². The summed E-state index contributed by atoms with van der Waals surface area (Å²) in [5, 5.41) is 3.00. The number of hydrogen-bond acceptors (Lipinski definition) is 3. The van der Waals surface area contributed by atoms with Gasteiger partial charge in [0.15, 0.2) is 4.90 Å². The second kappa shape index (κ2) is 6.15. The Morgan fingerprint density at radius 1 is 1.35 bits per heavy atom. The van der Waals surface area contributed by atoms with E-state index in [-0.39, 0.29) is 12.5 Å². The zero-order chi connectivity index (χ0) is 14.8. The van der Waals surface area contributed by atoms with Gasteiger partial charge in [-0.2, -0.15) is 4.31 Å². The van der Waals surface area contributed by atoms with Crippen molar-refractivity contribution in [2.45, 2.75) is 17.7 Å². The van der Waals surface area contributed by atoms with Crippen molar-refractivity contribution in [3.63, 3.8) is 0 Å². The van der Waals surface area contributed by atoms with Crippen molar-refractivity contribution in [2.75, 3.05) is 26.7 Å². The van der Waals surface area contributed by atoms with Gasteiger partial charge in [-0.15, -0.1) is 0 Å². The molecule has 112 valence electrons. The largest absolute Gasteiger partial charge is 0.319 e. The van der Waals surface area contributed by atoms with Crippen molar-refractivity contribution in [1.82, 2.24) is 9.62 Å². The van der Waals surface area contributed by atoms with Crippen molar-refractivity contribution in [3.05, 3.63) is 29.8 Å². The molecule has 0 spiro atoms. The third-order valence-electron chi connectivity index (χ3n) is 3.49. The first-order valence-corrected chi connectivity index (χ1v) is 7.99. The maximum atomic E-state index is 13.7. The van der Waals surface area contributed by atoms with Gasteiger partial charge >= 0.3 is 0 Å². The molecule has 4 nitrogen and oxygen atoms in total. The molecule has 1 saturated heterocycles. The van der Waals surface area contributed by atoms with Gasteiger partial charge in [0.25, 0.3) is 0 Å². The number of nitrogens with zero attached hydrogens (tertiary/aromatic N) is 1. The van der Waals surface area contributed by atoms with Crippen LogP contribution in [0.15, 0.2) is 23.1 Å². The summed E-state index contributed by atoms with van der Waals surface area (Å²) in [6.07, 6.45) is 1.61. The number of sulfonamides is 1. The highest BCUT2D eigenvalue weighted by Gasteiger charge is 2.33. The molecule has 1 aromatic rings. The highest BCUT2D eigenvalue weighted by atomic mass is 32.2. The van der Waals surface area contributed by atoms with Crippen LogP contribution in [0, 0.1) is 17.6 Å². The molecule has 0 bridgehead atoms. The minimum absolute atomic E-state index is 0.165. The molecule has 2 rings (SSSR count). The molecule has 7 heteroatoms. The summed E-state index contributed by atoms with van der Waals surface area (Å²) in [4.78, 5) is -0.842. The van der Waals surface area contributed by atoms with E-state index in [1.54, 1.807) is 7.05 Å². The molecule has 1 unspecified atom stereocenters.